The van der Waals surface area contributed by atoms with Crippen LogP contribution in [0.25, 0.3) is 6.08 Å². The lowest BCUT2D eigenvalue weighted by molar-refractivity contribution is 0.318. The number of allylic oxidation sites excluding steroid dienone is 1. The molecule has 0 saturated carbocycles. The maximum atomic E-state index is 8.95. The third-order valence-corrected chi connectivity index (χ3v) is 3.57. The lowest BCUT2D eigenvalue weighted by atomic mass is 10.1. The summed E-state index contributed by atoms with van der Waals surface area (Å²) in [5, 5.41) is 13.3. The van der Waals surface area contributed by atoms with E-state index in [1.165, 1.54) is 12.8 Å². The number of hydrogen-bond donors (Lipinski definition) is 1. The fraction of sp³-hybridized carbons (Fsp3) is 0.400. The van der Waals surface area contributed by atoms with Crippen LogP contribution in [0.5, 0.6) is 0 Å². The van der Waals surface area contributed by atoms with Crippen LogP contribution in [0.3, 0.4) is 0 Å². The summed E-state index contributed by atoms with van der Waals surface area (Å²) < 4.78 is 0. The van der Waals surface area contributed by atoms with Crippen molar-refractivity contribution in [1.29, 1.82) is 0 Å². The van der Waals surface area contributed by atoms with Crippen LogP contribution >= 0.6 is 23.2 Å². The maximum absolute atomic E-state index is 8.95. The first-order valence-corrected chi connectivity index (χ1v) is 7.27. The van der Waals surface area contributed by atoms with Gasteiger partial charge in [-0.05, 0) is 36.6 Å². The molecule has 19 heavy (non-hydrogen) atoms. The van der Waals surface area contributed by atoms with Gasteiger partial charge in [0.05, 0.1) is 15.8 Å². The summed E-state index contributed by atoms with van der Waals surface area (Å²) >= 11 is 11.8. The van der Waals surface area contributed by atoms with Crippen LogP contribution in [0.2, 0.25) is 10.0 Å². The first-order chi connectivity index (χ1) is 9.17. The van der Waals surface area contributed by atoms with Gasteiger partial charge in [-0.2, -0.15) is 0 Å². The number of benzene rings is 1. The van der Waals surface area contributed by atoms with Crippen molar-refractivity contribution in [3.8, 4) is 0 Å². The zero-order valence-corrected chi connectivity index (χ0v) is 12.6. The molecule has 0 aliphatic carbocycles. The van der Waals surface area contributed by atoms with Crippen LogP contribution in [0.15, 0.2) is 29.4 Å². The Morgan fingerprint density at radius 2 is 2.00 bits per heavy atom. The molecule has 0 amide bonds. The summed E-state index contributed by atoms with van der Waals surface area (Å²) in [4.78, 5) is 0. The molecule has 4 heteroatoms. The van der Waals surface area contributed by atoms with E-state index in [0.717, 1.165) is 24.8 Å². The van der Waals surface area contributed by atoms with Gasteiger partial charge in [0.25, 0.3) is 0 Å². The number of nitrogens with zero attached hydrogens (tertiary/aromatic N) is 1. The molecule has 0 saturated heterocycles. The highest BCUT2D eigenvalue weighted by Crippen LogP contribution is 2.23. The summed E-state index contributed by atoms with van der Waals surface area (Å²) in [5.41, 5.74) is 1.62. The second-order valence-corrected chi connectivity index (χ2v) is 5.22. The predicted molar refractivity (Wildman–Crippen MR) is 83.5 cm³/mol. The Morgan fingerprint density at radius 3 is 2.63 bits per heavy atom. The van der Waals surface area contributed by atoms with Crippen molar-refractivity contribution < 1.29 is 5.21 Å². The molecule has 1 aromatic carbocycles. The molecule has 104 valence electrons. The average molecular weight is 300 g/mol. The van der Waals surface area contributed by atoms with Crippen molar-refractivity contribution in [1.82, 2.24) is 0 Å². The molecule has 1 rings (SSSR count). The summed E-state index contributed by atoms with van der Waals surface area (Å²) in [5.74, 6) is 0. The van der Waals surface area contributed by atoms with Crippen molar-refractivity contribution >= 4 is 35.0 Å². The summed E-state index contributed by atoms with van der Waals surface area (Å²) in [6.45, 7) is 2.17. The predicted octanol–water partition coefficient (Wildman–Crippen LogP) is 5.81. The van der Waals surface area contributed by atoms with Gasteiger partial charge in [-0.15, -0.1) is 0 Å². The Hall–Kier alpha value is -0.990. The van der Waals surface area contributed by atoms with Crippen LogP contribution in [-0.2, 0) is 0 Å². The van der Waals surface area contributed by atoms with Gasteiger partial charge in [-0.3, -0.25) is 0 Å². The minimum Gasteiger partial charge on any atom is -0.411 e. The number of unbranched alkanes of at least 4 members (excludes halogenated alkanes) is 3. The minimum absolute atomic E-state index is 0.522. The highest BCUT2D eigenvalue weighted by atomic mass is 35.5. The molecule has 0 aromatic heterocycles. The second-order valence-electron chi connectivity index (χ2n) is 4.41. The zero-order chi connectivity index (χ0) is 14.1. The van der Waals surface area contributed by atoms with E-state index in [0.29, 0.717) is 15.8 Å². The molecule has 0 heterocycles. The molecule has 0 fully saturated rings. The molecule has 0 atom stereocenters. The van der Waals surface area contributed by atoms with Crippen molar-refractivity contribution in [2.75, 3.05) is 0 Å². The number of hydrogen-bond acceptors (Lipinski definition) is 2. The molecule has 1 aromatic rings. The first-order valence-electron chi connectivity index (χ1n) is 6.51. The lowest BCUT2D eigenvalue weighted by Gasteiger charge is -2.00. The quantitative estimate of drug-likeness (QED) is 0.293. The van der Waals surface area contributed by atoms with Crippen LogP contribution < -0.4 is 0 Å². The number of rotatable bonds is 7. The highest BCUT2D eigenvalue weighted by molar-refractivity contribution is 6.42. The van der Waals surface area contributed by atoms with E-state index >= 15 is 0 Å². The molecule has 1 N–H and O–H groups in total. The maximum Gasteiger partial charge on any atom is 0.0795 e. The monoisotopic (exact) mass is 299 g/mol. The van der Waals surface area contributed by atoms with Gasteiger partial charge in [0.2, 0.25) is 0 Å². The fourth-order valence-corrected chi connectivity index (χ4v) is 2.01. The molecular weight excluding hydrogens is 281 g/mol. The largest absolute Gasteiger partial charge is 0.411 e. The Morgan fingerprint density at radius 1 is 1.21 bits per heavy atom. The normalized spacial score (nSPS) is 12.3. The third kappa shape index (κ3) is 6.13. The van der Waals surface area contributed by atoms with E-state index in [2.05, 4.69) is 12.1 Å². The smallest absolute Gasteiger partial charge is 0.0795 e. The second kappa shape index (κ2) is 9.00. The minimum atomic E-state index is 0.522. The van der Waals surface area contributed by atoms with Crippen LogP contribution in [0, 0.1) is 0 Å². The Labute approximate surface area is 124 Å². The SMILES string of the molecule is CCCCCCC(C=Cc1ccc(Cl)c(Cl)c1)=NO. The molecule has 0 unspecified atom stereocenters. The first kappa shape index (κ1) is 16.1. The molecule has 0 bridgehead atoms. The van der Waals surface area contributed by atoms with Crippen molar-refractivity contribution in [3.63, 3.8) is 0 Å². The van der Waals surface area contributed by atoms with Crippen LogP contribution in [0.1, 0.15) is 44.6 Å². The zero-order valence-electron chi connectivity index (χ0n) is 11.1. The van der Waals surface area contributed by atoms with Crippen molar-refractivity contribution in [3.05, 3.63) is 39.9 Å². The van der Waals surface area contributed by atoms with E-state index in [1.807, 2.05) is 18.2 Å². The molecule has 0 radical (unpaired) electrons. The van der Waals surface area contributed by atoms with Gasteiger partial charge >= 0.3 is 0 Å². The summed E-state index contributed by atoms with van der Waals surface area (Å²) in [6.07, 6.45) is 9.09. The lowest BCUT2D eigenvalue weighted by Crippen LogP contribution is -1.93. The van der Waals surface area contributed by atoms with Crippen molar-refractivity contribution in [2.45, 2.75) is 39.0 Å². The van der Waals surface area contributed by atoms with Gasteiger partial charge < -0.3 is 5.21 Å². The van der Waals surface area contributed by atoms with Crippen molar-refractivity contribution in [2.24, 2.45) is 5.16 Å². The van der Waals surface area contributed by atoms with E-state index in [4.69, 9.17) is 28.4 Å². The Bertz CT molecular complexity index is 455. The summed E-state index contributed by atoms with van der Waals surface area (Å²) in [7, 11) is 0. The topological polar surface area (TPSA) is 32.6 Å². The van der Waals surface area contributed by atoms with E-state index in [-0.39, 0.29) is 0 Å². The fourth-order valence-electron chi connectivity index (χ4n) is 1.71. The van der Waals surface area contributed by atoms with E-state index in [9.17, 15) is 0 Å². The van der Waals surface area contributed by atoms with Gasteiger partial charge in [-0.25, -0.2) is 0 Å². The molecule has 0 spiro atoms. The van der Waals surface area contributed by atoms with Gasteiger partial charge in [-0.1, -0.05) is 66.7 Å². The Kier molecular flexibility index (Phi) is 7.61. The summed E-state index contributed by atoms with van der Waals surface area (Å²) in [6, 6.07) is 5.41. The Balaban J connectivity index is 2.55. The standard InChI is InChI=1S/C15H19Cl2NO/c1-2-3-4-5-6-13(18-19)9-7-12-8-10-14(16)15(17)11-12/h7-11,19H,2-6H2,1H3. The average Bonchev–Trinajstić information content (AvgIpc) is 2.42. The van der Waals surface area contributed by atoms with E-state index < -0.39 is 0 Å². The third-order valence-electron chi connectivity index (χ3n) is 2.83. The van der Waals surface area contributed by atoms with Gasteiger partial charge in [0.15, 0.2) is 0 Å². The molecule has 0 aliphatic rings. The number of oxime groups is 1. The molecular formula is C15H19Cl2NO. The molecule has 0 aliphatic heterocycles. The van der Waals surface area contributed by atoms with Crippen LogP contribution in [0.4, 0.5) is 0 Å². The van der Waals surface area contributed by atoms with Gasteiger partial charge in [0, 0.05) is 0 Å². The number of halogens is 2. The van der Waals surface area contributed by atoms with Gasteiger partial charge in [0.1, 0.15) is 0 Å². The highest BCUT2D eigenvalue weighted by Gasteiger charge is 1.99. The van der Waals surface area contributed by atoms with Crippen LogP contribution in [-0.4, -0.2) is 10.9 Å². The molecule has 2 nitrogen and oxygen atoms in total. The van der Waals surface area contributed by atoms with E-state index in [1.54, 1.807) is 12.1 Å².